The van der Waals surface area contributed by atoms with Crippen molar-refractivity contribution in [1.82, 2.24) is 15.2 Å². The molecule has 0 amide bonds. The summed E-state index contributed by atoms with van der Waals surface area (Å²) in [5.41, 5.74) is 5.45. The van der Waals surface area contributed by atoms with Gasteiger partial charge in [-0.1, -0.05) is 12.8 Å². The molecule has 1 aromatic rings. The lowest BCUT2D eigenvalue weighted by molar-refractivity contribution is 0.637. The Balaban J connectivity index is 1.91. The summed E-state index contributed by atoms with van der Waals surface area (Å²) in [5, 5.41) is 9.83. The lowest BCUT2D eigenvalue weighted by atomic mass is 10.1. The Hall–Kier alpha value is -0.910. The molecule has 5 nitrogen and oxygen atoms in total. The van der Waals surface area contributed by atoms with Crippen LogP contribution < -0.4 is 11.1 Å². The molecule has 0 aromatic carbocycles. The van der Waals surface area contributed by atoms with Crippen LogP contribution in [0.5, 0.6) is 0 Å². The lowest BCUT2D eigenvalue weighted by Gasteiger charge is -2.26. The molecule has 6 heteroatoms. The summed E-state index contributed by atoms with van der Waals surface area (Å²) in [6.07, 6.45) is 7.40. The Morgan fingerprint density at radius 1 is 1.53 bits per heavy atom. The zero-order valence-corrected chi connectivity index (χ0v) is 9.73. The number of hydrogen-bond donors (Lipinski definition) is 3. The van der Waals surface area contributed by atoms with Crippen LogP contribution in [0, 0.1) is 0 Å². The van der Waals surface area contributed by atoms with Crippen molar-refractivity contribution in [3.05, 3.63) is 0 Å². The predicted molar refractivity (Wildman–Crippen MR) is 64.0 cm³/mol. The van der Waals surface area contributed by atoms with Crippen molar-refractivity contribution >= 4 is 23.7 Å². The summed E-state index contributed by atoms with van der Waals surface area (Å²) in [5.74, 6) is 0.968. The van der Waals surface area contributed by atoms with E-state index in [1.165, 1.54) is 25.7 Å². The fourth-order valence-electron chi connectivity index (χ4n) is 2.07. The number of nitrogens with two attached hydrogens (primary N) is 1. The summed E-state index contributed by atoms with van der Waals surface area (Å²) in [7, 11) is 0. The quantitative estimate of drug-likeness (QED) is 0.726. The molecule has 4 N–H and O–H groups in total. The van der Waals surface area contributed by atoms with Gasteiger partial charge in [0.1, 0.15) is 0 Å². The Bertz CT molecular complexity index is 318. The van der Waals surface area contributed by atoms with Crippen LogP contribution in [0.3, 0.4) is 0 Å². The minimum atomic E-state index is 0.363. The molecule has 2 rings (SSSR count). The van der Waals surface area contributed by atoms with Gasteiger partial charge >= 0.3 is 0 Å². The van der Waals surface area contributed by atoms with E-state index in [1.807, 2.05) is 11.8 Å². The van der Waals surface area contributed by atoms with Crippen LogP contribution in [0.1, 0.15) is 25.7 Å². The van der Waals surface area contributed by atoms with E-state index in [9.17, 15) is 0 Å². The highest BCUT2D eigenvalue weighted by Crippen LogP contribution is 2.40. The van der Waals surface area contributed by atoms with E-state index in [2.05, 4.69) is 26.8 Å². The van der Waals surface area contributed by atoms with Gasteiger partial charge in [0.05, 0.1) is 0 Å². The van der Waals surface area contributed by atoms with Crippen LogP contribution in [0.25, 0.3) is 0 Å². The summed E-state index contributed by atoms with van der Waals surface area (Å²) < 4.78 is 0.370. The predicted octanol–water partition coefficient (Wildman–Crippen LogP) is 1.47. The molecule has 1 aromatic heterocycles. The van der Waals surface area contributed by atoms with E-state index >= 15 is 0 Å². The Morgan fingerprint density at radius 3 is 2.80 bits per heavy atom. The van der Waals surface area contributed by atoms with Crippen LogP contribution in [0.4, 0.5) is 11.9 Å². The summed E-state index contributed by atoms with van der Waals surface area (Å²) in [6.45, 7) is 0.922. The standard InChI is InChI=1S/C9H17N5S/c1-15-9(4-2-3-5-9)6-11-8-12-7(10)13-14-8/h2-6H2,1H3,(H4,10,11,12,13,14). The van der Waals surface area contributed by atoms with Gasteiger partial charge in [0.15, 0.2) is 0 Å². The third-order valence-electron chi connectivity index (χ3n) is 3.02. The second-order valence-electron chi connectivity index (χ2n) is 3.99. The zero-order valence-electron chi connectivity index (χ0n) is 8.92. The monoisotopic (exact) mass is 227 g/mol. The molecule has 0 aliphatic heterocycles. The van der Waals surface area contributed by atoms with Crippen LogP contribution in [-0.4, -0.2) is 32.7 Å². The number of nitrogen functional groups attached to an aromatic ring is 1. The maximum absolute atomic E-state index is 5.45. The number of aromatic nitrogens is 3. The van der Waals surface area contributed by atoms with Crippen LogP contribution >= 0.6 is 11.8 Å². The first-order valence-electron chi connectivity index (χ1n) is 5.21. The summed E-state index contributed by atoms with van der Waals surface area (Å²) in [6, 6.07) is 0. The fraction of sp³-hybridized carbons (Fsp3) is 0.778. The molecule has 0 saturated heterocycles. The number of aromatic amines is 1. The van der Waals surface area contributed by atoms with E-state index in [-0.39, 0.29) is 0 Å². The Labute approximate surface area is 93.6 Å². The average Bonchev–Trinajstić information content (AvgIpc) is 2.85. The van der Waals surface area contributed by atoms with Crippen molar-refractivity contribution in [2.45, 2.75) is 30.4 Å². The topological polar surface area (TPSA) is 79.6 Å². The summed E-state index contributed by atoms with van der Waals surface area (Å²) in [4.78, 5) is 4.03. The minimum Gasteiger partial charge on any atom is -0.368 e. The van der Waals surface area contributed by atoms with Gasteiger partial charge in [-0.15, -0.1) is 5.10 Å². The zero-order chi connectivity index (χ0) is 10.7. The molecule has 1 aliphatic carbocycles. The number of rotatable bonds is 4. The highest BCUT2D eigenvalue weighted by molar-refractivity contribution is 8.00. The van der Waals surface area contributed by atoms with Crippen LogP contribution in [-0.2, 0) is 0 Å². The first kappa shape index (κ1) is 10.6. The molecule has 0 unspecified atom stereocenters. The SMILES string of the molecule is CSC1(CNc2n[nH]c(N)n2)CCCC1. The van der Waals surface area contributed by atoms with Crippen molar-refractivity contribution in [2.24, 2.45) is 0 Å². The van der Waals surface area contributed by atoms with Gasteiger partial charge in [0, 0.05) is 11.3 Å². The van der Waals surface area contributed by atoms with Gasteiger partial charge < -0.3 is 11.1 Å². The van der Waals surface area contributed by atoms with Gasteiger partial charge in [-0.2, -0.15) is 16.7 Å². The van der Waals surface area contributed by atoms with Gasteiger partial charge in [0.25, 0.3) is 0 Å². The highest BCUT2D eigenvalue weighted by Gasteiger charge is 2.32. The third kappa shape index (κ3) is 2.37. The Morgan fingerprint density at radius 2 is 2.27 bits per heavy atom. The van der Waals surface area contributed by atoms with Crippen LogP contribution in [0.2, 0.25) is 0 Å². The highest BCUT2D eigenvalue weighted by atomic mass is 32.2. The van der Waals surface area contributed by atoms with Crippen molar-refractivity contribution in [2.75, 3.05) is 23.9 Å². The van der Waals surface area contributed by atoms with E-state index in [0.717, 1.165) is 6.54 Å². The van der Waals surface area contributed by atoms with Gasteiger partial charge in [-0.05, 0) is 19.1 Å². The third-order valence-corrected chi connectivity index (χ3v) is 4.44. The summed E-state index contributed by atoms with van der Waals surface area (Å²) >= 11 is 1.95. The normalized spacial score (nSPS) is 19.3. The van der Waals surface area contributed by atoms with Crippen molar-refractivity contribution in [3.8, 4) is 0 Å². The second-order valence-corrected chi connectivity index (χ2v) is 5.27. The molecule has 1 heterocycles. The average molecular weight is 227 g/mol. The number of nitrogens with zero attached hydrogens (tertiary/aromatic N) is 2. The van der Waals surface area contributed by atoms with Crippen LogP contribution in [0.15, 0.2) is 0 Å². The van der Waals surface area contributed by atoms with E-state index < -0.39 is 0 Å². The van der Waals surface area contributed by atoms with Crippen molar-refractivity contribution in [1.29, 1.82) is 0 Å². The largest absolute Gasteiger partial charge is 0.368 e. The number of nitrogens with one attached hydrogen (secondary N) is 2. The molecule has 1 fully saturated rings. The molecule has 0 bridgehead atoms. The van der Waals surface area contributed by atoms with Crippen molar-refractivity contribution < 1.29 is 0 Å². The molecular formula is C9H17N5S. The molecule has 1 aliphatic rings. The smallest absolute Gasteiger partial charge is 0.243 e. The number of H-pyrrole nitrogens is 1. The maximum Gasteiger partial charge on any atom is 0.243 e. The Kier molecular flexibility index (Phi) is 3.04. The molecular weight excluding hydrogens is 210 g/mol. The van der Waals surface area contributed by atoms with E-state index in [0.29, 0.717) is 16.6 Å². The van der Waals surface area contributed by atoms with Crippen molar-refractivity contribution in [3.63, 3.8) is 0 Å². The van der Waals surface area contributed by atoms with Gasteiger partial charge in [-0.3, -0.25) is 0 Å². The number of anilines is 2. The fourth-order valence-corrected chi connectivity index (χ4v) is 2.98. The number of thioether (sulfide) groups is 1. The molecule has 84 valence electrons. The van der Waals surface area contributed by atoms with Gasteiger partial charge in [0.2, 0.25) is 11.9 Å². The number of hydrogen-bond acceptors (Lipinski definition) is 5. The molecule has 0 spiro atoms. The van der Waals surface area contributed by atoms with Gasteiger partial charge in [-0.25, -0.2) is 5.10 Å². The molecule has 0 atom stereocenters. The lowest BCUT2D eigenvalue weighted by Crippen LogP contribution is -2.30. The molecule has 0 radical (unpaired) electrons. The van der Waals surface area contributed by atoms with E-state index in [1.54, 1.807) is 0 Å². The second kappa shape index (κ2) is 4.30. The van der Waals surface area contributed by atoms with E-state index in [4.69, 9.17) is 5.73 Å². The maximum atomic E-state index is 5.45. The molecule has 1 saturated carbocycles. The first-order valence-corrected chi connectivity index (χ1v) is 6.43. The first-order chi connectivity index (χ1) is 7.24. The minimum absolute atomic E-state index is 0.363. The molecule has 15 heavy (non-hydrogen) atoms.